The summed E-state index contributed by atoms with van der Waals surface area (Å²) in [4.78, 5) is 24.6. The Kier molecular flexibility index (Phi) is 5.76. The first kappa shape index (κ1) is 16.7. The number of carbonyl (C=O) groups is 2. The van der Waals surface area contributed by atoms with E-state index in [1.54, 1.807) is 20.8 Å². The summed E-state index contributed by atoms with van der Waals surface area (Å²) < 4.78 is 10.7. The van der Waals surface area contributed by atoms with E-state index in [0.717, 1.165) is 0 Å². The van der Waals surface area contributed by atoms with Gasteiger partial charge in [0, 0.05) is 12.5 Å². The summed E-state index contributed by atoms with van der Waals surface area (Å²) in [7, 11) is 0. The Hall–Kier alpha value is -1.34. The van der Waals surface area contributed by atoms with Crippen LogP contribution in [0.15, 0.2) is 0 Å². The molecule has 1 aliphatic heterocycles. The molecule has 2 unspecified atom stereocenters. The number of rotatable bonds is 4. The third-order valence-corrected chi connectivity index (χ3v) is 3.08. The standard InChI is InChI=1S/C13H24N2O5/c1-13(2,3)20-12(18)15-4-5-19-8-10(15)9(7-14)6-11(16)17/h9-10H,4-8,14H2,1-3H3,(H,16,17). The van der Waals surface area contributed by atoms with E-state index < -0.39 is 17.7 Å². The fourth-order valence-electron chi connectivity index (χ4n) is 2.16. The maximum Gasteiger partial charge on any atom is 0.410 e. The highest BCUT2D eigenvalue weighted by Gasteiger charge is 2.36. The van der Waals surface area contributed by atoms with Gasteiger partial charge in [0.25, 0.3) is 0 Å². The van der Waals surface area contributed by atoms with Crippen molar-refractivity contribution in [3.63, 3.8) is 0 Å². The fraction of sp³-hybridized carbons (Fsp3) is 0.846. The average Bonchev–Trinajstić information content (AvgIpc) is 2.33. The minimum atomic E-state index is -0.935. The summed E-state index contributed by atoms with van der Waals surface area (Å²) in [6.07, 6.45) is -0.543. The van der Waals surface area contributed by atoms with Crippen LogP contribution in [-0.4, -0.2) is 60.0 Å². The number of morpholine rings is 1. The highest BCUT2D eigenvalue weighted by Crippen LogP contribution is 2.21. The minimum Gasteiger partial charge on any atom is -0.481 e. The van der Waals surface area contributed by atoms with Crippen LogP contribution in [0.2, 0.25) is 0 Å². The number of amides is 1. The molecule has 0 aromatic heterocycles. The Morgan fingerprint density at radius 3 is 2.65 bits per heavy atom. The summed E-state index contributed by atoms with van der Waals surface area (Å²) in [6, 6.07) is -0.361. The van der Waals surface area contributed by atoms with E-state index in [1.807, 2.05) is 0 Å². The summed E-state index contributed by atoms with van der Waals surface area (Å²) >= 11 is 0. The Bertz CT molecular complexity index is 353. The Morgan fingerprint density at radius 1 is 1.50 bits per heavy atom. The molecular weight excluding hydrogens is 264 g/mol. The molecule has 7 heteroatoms. The molecule has 0 aliphatic carbocycles. The number of aliphatic carboxylic acids is 1. The molecular formula is C13H24N2O5. The van der Waals surface area contributed by atoms with E-state index in [2.05, 4.69) is 0 Å². The molecule has 116 valence electrons. The number of ether oxygens (including phenoxy) is 2. The van der Waals surface area contributed by atoms with Gasteiger partial charge in [0.05, 0.1) is 25.7 Å². The SMILES string of the molecule is CC(C)(C)OC(=O)N1CCOCC1C(CN)CC(=O)O. The Morgan fingerprint density at radius 2 is 2.15 bits per heavy atom. The van der Waals surface area contributed by atoms with E-state index in [9.17, 15) is 9.59 Å². The maximum absolute atomic E-state index is 12.2. The number of hydrogen-bond donors (Lipinski definition) is 2. The van der Waals surface area contributed by atoms with Gasteiger partial charge in [-0.1, -0.05) is 0 Å². The number of nitrogens with two attached hydrogens (primary N) is 1. The third kappa shape index (κ3) is 4.97. The van der Waals surface area contributed by atoms with Gasteiger partial charge in [0.1, 0.15) is 5.60 Å². The molecule has 7 nitrogen and oxygen atoms in total. The number of carboxylic acids is 1. The van der Waals surface area contributed by atoms with Gasteiger partial charge in [-0.15, -0.1) is 0 Å². The molecule has 3 N–H and O–H groups in total. The van der Waals surface area contributed by atoms with Crippen molar-refractivity contribution in [1.29, 1.82) is 0 Å². The number of nitrogens with zero attached hydrogens (tertiary/aromatic N) is 1. The molecule has 1 aliphatic rings. The van der Waals surface area contributed by atoms with E-state index in [-0.39, 0.29) is 31.5 Å². The summed E-state index contributed by atoms with van der Waals surface area (Å²) in [5.74, 6) is -1.28. The van der Waals surface area contributed by atoms with Gasteiger partial charge in [-0.25, -0.2) is 4.79 Å². The van der Waals surface area contributed by atoms with E-state index in [0.29, 0.717) is 13.2 Å². The molecule has 0 aromatic rings. The van der Waals surface area contributed by atoms with Crippen molar-refractivity contribution < 1.29 is 24.2 Å². The van der Waals surface area contributed by atoms with Gasteiger partial charge in [-0.3, -0.25) is 4.79 Å². The van der Waals surface area contributed by atoms with Crippen LogP contribution in [0.5, 0.6) is 0 Å². The van der Waals surface area contributed by atoms with Crippen LogP contribution in [0.25, 0.3) is 0 Å². The topological polar surface area (TPSA) is 102 Å². The van der Waals surface area contributed by atoms with Crippen molar-refractivity contribution >= 4 is 12.1 Å². The average molecular weight is 288 g/mol. The predicted molar refractivity (Wildman–Crippen MR) is 72.3 cm³/mol. The number of carbonyl (C=O) groups excluding carboxylic acids is 1. The van der Waals surface area contributed by atoms with E-state index in [1.165, 1.54) is 4.90 Å². The Labute approximate surface area is 119 Å². The van der Waals surface area contributed by atoms with Crippen molar-refractivity contribution in [2.24, 2.45) is 11.7 Å². The van der Waals surface area contributed by atoms with Gasteiger partial charge in [0.2, 0.25) is 0 Å². The molecule has 0 saturated carbocycles. The lowest BCUT2D eigenvalue weighted by molar-refractivity contribution is -0.139. The van der Waals surface area contributed by atoms with Crippen LogP contribution < -0.4 is 5.73 Å². The quantitative estimate of drug-likeness (QED) is 0.788. The highest BCUT2D eigenvalue weighted by molar-refractivity contribution is 5.70. The van der Waals surface area contributed by atoms with Crippen LogP contribution in [0, 0.1) is 5.92 Å². The largest absolute Gasteiger partial charge is 0.481 e. The van der Waals surface area contributed by atoms with E-state index >= 15 is 0 Å². The van der Waals surface area contributed by atoms with Crippen LogP contribution >= 0.6 is 0 Å². The normalized spacial score (nSPS) is 21.4. The summed E-state index contributed by atoms with van der Waals surface area (Å²) in [5, 5.41) is 8.93. The molecule has 1 heterocycles. The van der Waals surface area contributed by atoms with Crippen LogP contribution in [0.3, 0.4) is 0 Å². The van der Waals surface area contributed by atoms with Crippen LogP contribution in [-0.2, 0) is 14.3 Å². The molecule has 0 spiro atoms. The van der Waals surface area contributed by atoms with Gasteiger partial charge in [-0.05, 0) is 27.3 Å². The fourth-order valence-corrected chi connectivity index (χ4v) is 2.16. The molecule has 0 aromatic carbocycles. The maximum atomic E-state index is 12.2. The lowest BCUT2D eigenvalue weighted by atomic mass is 9.94. The molecule has 1 fully saturated rings. The monoisotopic (exact) mass is 288 g/mol. The second-order valence-corrected chi connectivity index (χ2v) is 5.91. The second kappa shape index (κ2) is 6.90. The van der Waals surface area contributed by atoms with Crippen LogP contribution in [0.4, 0.5) is 4.79 Å². The molecule has 0 bridgehead atoms. The van der Waals surface area contributed by atoms with Crippen molar-refractivity contribution in [3.05, 3.63) is 0 Å². The lowest BCUT2D eigenvalue weighted by Gasteiger charge is -2.39. The van der Waals surface area contributed by atoms with Crippen molar-refractivity contribution in [1.82, 2.24) is 4.90 Å². The van der Waals surface area contributed by atoms with Crippen molar-refractivity contribution in [2.75, 3.05) is 26.3 Å². The first-order chi connectivity index (χ1) is 9.24. The van der Waals surface area contributed by atoms with E-state index in [4.69, 9.17) is 20.3 Å². The molecule has 1 rings (SSSR count). The van der Waals surface area contributed by atoms with Gasteiger partial charge >= 0.3 is 12.1 Å². The molecule has 1 saturated heterocycles. The van der Waals surface area contributed by atoms with Crippen molar-refractivity contribution in [3.8, 4) is 0 Å². The molecule has 20 heavy (non-hydrogen) atoms. The zero-order valence-electron chi connectivity index (χ0n) is 12.3. The zero-order chi connectivity index (χ0) is 15.3. The van der Waals surface area contributed by atoms with Crippen molar-refractivity contribution in [2.45, 2.75) is 38.8 Å². The minimum absolute atomic E-state index is 0.0934. The second-order valence-electron chi connectivity index (χ2n) is 5.91. The molecule has 2 atom stereocenters. The smallest absolute Gasteiger partial charge is 0.410 e. The van der Waals surface area contributed by atoms with Crippen LogP contribution in [0.1, 0.15) is 27.2 Å². The number of carboxylic acid groups (broad SMARTS) is 1. The molecule has 0 radical (unpaired) electrons. The van der Waals surface area contributed by atoms with Gasteiger partial charge in [0.15, 0.2) is 0 Å². The first-order valence-electron chi connectivity index (χ1n) is 6.74. The first-order valence-corrected chi connectivity index (χ1v) is 6.74. The van der Waals surface area contributed by atoms with Gasteiger partial charge < -0.3 is 25.2 Å². The highest BCUT2D eigenvalue weighted by atomic mass is 16.6. The zero-order valence-corrected chi connectivity index (χ0v) is 12.3. The Balaban J connectivity index is 2.79. The molecule has 1 amide bonds. The third-order valence-electron chi connectivity index (χ3n) is 3.08. The lowest BCUT2D eigenvalue weighted by Crippen LogP contribution is -2.55. The van der Waals surface area contributed by atoms with Gasteiger partial charge in [-0.2, -0.15) is 0 Å². The summed E-state index contributed by atoms with van der Waals surface area (Å²) in [5.41, 5.74) is 5.05. The summed E-state index contributed by atoms with van der Waals surface area (Å²) in [6.45, 7) is 6.64. The predicted octanol–water partition coefficient (Wildman–Crippen LogP) is 0.672. The number of hydrogen-bond acceptors (Lipinski definition) is 5.